The maximum Gasteiger partial charge on any atom is 0.337 e. The van der Waals surface area contributed by atoms with E-state index in [0.717, 1.165) is 19.3 Å². The van der Waals surface area contributed by atoms with E-state index >= 15 is 0 Å². The van der Waals surface area contributed by atoms with Crippen molar-refractivity contribution < 1.29 is 24.0 Å². The Morgan fingerprint density at radius 3 is 2.74 bits per heavy atom. The second-order valence-corrected chi connectivity index (χ2v) is 6.76. The zero-order valence-electron chi connectivity index (χ0n) is 16.9. The lowest BCUT2D eigenvalue weighted by molar-refractivity contribution is 0.0698. The van der Waals surface area contributed by atoms with E-state index in [4.69, 9.17) is 14.5 Å². The number of carboxylic acids is 1. The number of carboxylic acid groups (broad SMARTS) is 1. The van der Waals surface area contributed by atoms with Gasteiger partial charge < -0.3 is 19.7 Å². The molecule has 0 unspecified atom stereocenters. The van der Waals surface area contributed by atoms with Crippen LogP contribution in [-0.2, 0) is 0 Å². The first-order valence-corrected chi connectivity index (χ1v) is 9.81. The van der Waals surface area contributed by atoms with E-state index in [2.05, 4.69) is 17.4 Å². The minimum atomic E-state index is -1.26. The van der Waals surface area contributed by atoms with E-state index in [1.165, 1.54) is 24.3 Å². The summed E-state index contributed by atoms with van der Waals surface area (Å²) in [6, 6.07) is 14.6. The highest BCUT2D eigenvalue weighted by Crippen LogP contribution is 2.31. The van der Waals surface area contributed by atoms with Gasteiger partial charge in [0.05, 0.1) is 35.1 Å². The van der Waals surface area contributed by atoms with Crippen molar-refractivity contribution in [2.45, 2.75) is 26.2 Å². The Balaban J connectivity index is 1.78. The molecule has 0 fully saturated rings. The normalized spacial score (nSPS) is 10.3. The van der Waals surface area contributed by atoms with Crippen LogP contribution >= 0.6 is 0 Å². The Kier molecular flexibility index (Phi) is 7.01. The number of para-hydroxylation sites is 1. The molecule has 1 aromatic heterocycles. The maximum absolute atomic E-state index is 12.6. The summed E-state index contributed by atoms with van der Waals surface area (Å²) in [5, 5.41) is 24.6. The Morgan fingerprint density at radius 1 is 1.19 bits per heavy atom. The number of rotatable bonds is 9. The van der Waals surface area contributed by atoms with Crippen LogP contribution in [0.4, 0.5) is 5.69 Å². The van der Waals surface area contributed by atoms with Crippen LogP contribution in [0.3, 0.4) is 0 Å². The van der Waals surface area contributed by atoms with Crippen LogP contribution in [0.1, 0.15) is 52.6 Å². The van der Waals surface area contributed by atoms with Gasteiger partial charge in [0.1, 0.15) is 5.75 Å². The van der Waals surface area contributed by atoms with Gasteiger partial charge >= 0.3 is 5.97 Å². The average molecular weight is 419 g/mol. The Hall–Kier alpha value is -4.12. The van der Waals surface area contributed by atoms with Crippen LogP contribution in [0.2, 0.25) is 0 Å². The van der Waals surface area contributed by atoms with Crippen molar-refractivity contribution in [3.8, 4) is 23.1 Å². The predicted molar refractivity (Wildman–Crippen MR) is 113 cm³/mol. The molecule has 0 spiro atoms. The van der Waals surface area contributed by atoms with Gasteiger partial charge in [0, 0.05) is 6.07 Å². The van der Waals surface area contributed by atoms with Crippen molar-refractivity contribution >= 4 is 17.6 Å². The molecule has 0 aliphatic carbocycles. The highest BCUT2D eigenvalue weighted by atomic mass is 16.5. The van der Waals surface area contributed by atoms with Gasteiger partial charge in [0.25, 0.3) is 5.91 Å². The van der Waals surface area contributed by atoms with Crippen molar-refractivity contribution in [3.05, 3.63) is 65.4 Å². The van der Waals surface area contributed by atoms with Gasteiger partial charge in [0.15, 0.2) is 11.5 Å². The second-order valence-electron chi connectivity index (χ2n) is 6.76. The molecule has 2 N–H and O–H groups in total. The summed E-state index contributed by atoms with van der Waals surface area (Å²) in [7, 11) is 0. The third kappa shape index (κ3) is 5.28. The third-order valence-electron chi connectivity index (χ3n) is 4.53. The number of unbranched alkanes of at least 4 members (excludes halogenated alkanes) is 2. The first kappa shape index (κ1) is 21.6. The van der Waals surface area contributed by atoms with Crippen LogP contribution in [-0.4, -0.2) is 28.7 Å². The number of amides is 1. The second kappa shape index (κ2) is 10.1. The van der Waals surface area contributed by atoms with Crippen LogP contribution < -0.4 is 10.1 Å². The monoisotopic (exact) mass is 419 g/mol. The van der Waals surface area contributed by atoms with Gasteiger partial charge in [-0.2, -0.15) is 5.26 Å². The van der Waals surface area contributed by atoms with Crippen LogP contribution in [0.15, 0.2) is 53.1 Å². The number of benzene rings is 2. The minimum absolute atomic E-state index is 0.0171. The summed E-state index contributed by atoms with van der Waals surface area (Å²) in [5.74, 6) is -0.914. The zero-order valence-corrected chi connectivity index (χ0v) is 16.9. The highest BCUT2D eigenvalue weighted by molar-refractivity contribution is 6.07. The molecule has 0 atom stereocenters. The molecule has 0 saturated heterocycles. The molecule has 0 aliphatic heterocycles. The molecule has 158 valence electrons. The molecule has 0 bridgehead atoms. The fraction of sp³-hybridized carbons (Fsp3) is 0.217. The number of aromatic carboxylic acids is 1. The molecule has 31 heavy (non-hydrogen) atoms. The lowest BCUT2D eigenvalue weighted by atomic mass is 10.1. The van der Waals surface area contributed by atoms with Crippen molar-refractivity contribution in [2.75, 3.05) is 11.9 Å². The Labute approximate surface area is 179 Å². The van der Waals surface area contributed by atoms with E-state index in [9.17, 15) is 14.7 Å². The summed E-state index contributed by atoms with van der Waals surface area (Å²) in [5.41, 5.74) is 0.684. The molecule has 8 heteroatoms. The van der Waals surface area contributed by atoms with Crippen molar-refractivity contribution in [2.24, 2.45) is 0 Å². The Morgan fingerprint density at radius 2 is 2.00 bits per heavy atom. The first-order chi connectivity index (χ1) is 15.0. The van der Waals surface area contributed by atoms with Crippen molar-refractivity contribution in [1.29, 1.82) is 5.26 Å². The maximum atomic E-state index is 12.6. The molecule has 0 aliphatic rings. The van der Waals surface area contributed by atoms with Crippen molar-refractivity contribution in [3.63, 3.8) is 0 Å². The lowest BCUT2D eigenvalue weighted by Gasteiger charge is -2.09. The number of nitriles is 1. The van der Waals surface area contributed by atoms with Crippen LogP contribution in [0.25, 0.3) is 11.3 Å². The summed E-state index contributed by atoms with van der Waals surface area (Å²) in [6.07, 6.45) is 3.10. The number of hydrogen-bond donors (Lipinski definition) is 2. The third-order valence-corrected chi connectivity index (χ3v) is 4.53. The quantitative estimate of drug-likeness (QED) is 0.480. The van der Waals surface area contributed by atoms with E-state index in [0.29, 0.717) is 23.7 Å². The summed E-state index contributed by atoms with van der Waals surface area (Å²) in [4.78, 5) is 24.0. The standard InChI is InChI=1S/C23H21N3O5/c1-2-3-6-11-30-20-8-5-4-7-16(20)21-13-19(26-31-21)22(27)25-18-10-9-15(14-24)12-17(18)23(28)29/h4-5,7-10,12-13H,2-3,6,11H2,1H3,(H,25,27)(H,28,29). The zero-order chi connectivity index (χ0) is 22.2. The largest absolute Gasteiger partial charge is 0.493 e. The fourth-order valence-corrected chi connectivity index (χ4v) is 2.93. The molecule has 8 nitrogen and oxygen atoms in total. The van der Waals surface area contributed by atoms with Gasteiger partial charge in [-0.1, -0.05) is 37.1 Å². The molecular weight excluding hydrogens is 398 g/mol. The molecule has 0 radical (unpaired) electrons. The Bertz CT molecular complexity index is 1130. The number of ether oxygens (including phenoxy) is 1. The number of carbonyl (C=O) groups excluding carboxylic acids is 1. The number of hydrogen-bond acceptors (Lipinski definition) is 6. The first-order valence-electron chi connectivity index (χ1n) is 9.81. The van der Waals surface area contributed by atoms with Crippen LogP contribution in [0, 0.1) is 11.3 Å². The lowest BCUT2D eigenvalue weighted by Crippen LogP contribution is -2.15. The van der Waals surface area contributed by atoms with E-state index < -0.39 is 11.9 Å². The predicted octanol–water partition coefficient (Wildman–Crippen LogP) is 4.73. The average Bonchev–Trinajstić information content (AvgIpc) is 3.27. The molecule has 2 aromatic carbocycles. The molecule has 1 heterocycles. The molecule has 1 amide bonds. The highest BCUT2D eigenvalue weighted by Gasteiger charge is 2.19. The summed E-state index contributed by atoms with van der Waals surface area (Å²) >= 11 is 0. The molecular formula is C23H21N3O5. The van der Waals surface area contributed by atoms with Gasteiger partial charge in [-0.15, -0.1) is 0 Å². The van der Waals surface area contributed by atoms with E-state index in [1.807, 2.05) is 24.3 Å². The van der Waals surface area contributed by atoms with Gasteiger partial charge in [-0.05, 0) is 36.8 Å². The topological polar surface area (TPSA) is 125 Å². The van der Waals surface area contributed by atoms with Crippen molar-refractivity contribution in [1.82, 2.24) is 5.16 Å². The van der Waals surface area contributed by atoms with E-state index in [-0.39, 0.29) is 22.5 Å². The summed E-state index contributed by atoms with van der Waals surface area (Å²) < 4.78 is 11.2. The molecule has 0 saturated carbocycles. The van der Waals surface area contributed by atoms with Gasteiger partial charge in [-0.25, -0.2) is 4.79 Å². The number of nitrogens with zero attached hydrogens (tertiary/aromatic N) is 2. The summed E-state index contributed by atoms with van der Waals surface area (Å²) in [6.45, 7) is 2.69. The van der Waals surface area contributed by atoms with E-state index in [1.54, 1.807) is 6.07 Å². The smallest absolute Gasteiger partial charge is 0.337 e. The van der Waals surface area contributed by atoms with Crippen LogP contribution in [0.5, 0.6) is 5.75 Å². The number of anilines is 1. The number of nitrogens with one attached hydrogen (secondary N) is 1. The molecule has 3 rings (SSSR count). The SMILES string of the molecule is CCCCCOc1ccccc1-c1cc(C(=O)Nc2ccc(C#N)cc2C(=O)O)no1. The minimum Gasteiger partial charge on any atom is -0.493 e. The number of carbonyl (C=O) groups is 2. The molecule has 3 aromatic rings. The number of aromatic nitrogens is 1. The fourth-order valence-electron chi connectivity index (χ4n) is 2.93. The van der Waals surface area contributed by atoms with Gasteiger partial charge in [-0.3, -0.25) is 4.79 Å². The van der Waals surface area contributed by atoms with Gasteiger partial charge in [0.2, 0.25) is 0 Å².